The Morgan fingerprint density at radius 1 is 1.18 bits per heavy atom. The number of carboxylic acid groups (broad SMARTS) is 1. The fourth-order valence-electron chi connectivity index (χ4n) is 3.57. The number of para-hydroxylation sites is 1. The van der Waals surface area contributed by atoms with Gasteiger partial charge in [-0.05, 0) is 34.2 Å². The van der Waals surface area contributed by atoms with Crippen molar-refractivity contribution in [2.75, 3.05) is 12.8 Å². The van der Waals surface area contributed by atoms with Crippen molar-refractivity contribution in [2.45, 2.75) is 32.3 Å². The topological polar surface area (TPSA) is 96.7 Å². The van der Waals surface area contributed by atoms with Crippen LogP contribution in [0.25, 0.3) is 28.1 Å². The van der Waals surface area contributed by atoms with E-state index in [1.165, 1.54) is 12.1 Å². The van der Waals surface area contributed by atoms with Crippen molar-refractivity contribution in [3.05, 3.63) is 71.7 Å². The van der Waals surface area contributed by atoms with Crippen molar-refractivity contribution < 1.29 is 28.5 Å². The number of rotatable bonds is 10. The van der Waals surface area contributed by atoms with Gasteiger partial charge < -0.3 is 10.2 Å². The molecule has 2 atom stereocenters. The van der Waals surface area contributed by atoms with Crippen LogP contribution in [0, 0.1) is 5.82 Å². The lowest BCUT2D eigenvalue weighted by atomic mass is 9.90. The molecule has 0 aliphatic heterocycles. The minimum absolute atomic E-state index is 0.0161. The number of aliphatic carboxylic acids is 1. The van der Waals surface area contributed by atoms with Crippen molar-refractivity contribution in [1.29, 1.82) is 0 Å². The fourth-order valence-corrected chi connectivity index (χ4v) is 4.40. The lowest BCUT2D eigenvalue weighted by molar-refractivity contribution is -0.138. The first kappa shape index (κ1) is 24.6. The minimum atomic E-state index is -2.21. The Hall–Kier alpha value is -2.99. The molecule has 6 nitrogen and oxygen atoms in total. The largest absolute Gasteiger partial charge is 0.511 e. The highest BCUT2D eigenvalue weighted by Gasteiger charge is 2.25. The maximum absolute atomic E-state index is 13.6. The molecule has 3 rings (SSSR count). The van der Waals surface area contributed by atoms with Crippen LogP contribution in [0.1, 0.15) is 37.4 Å². The van der Waals surface area contributed by atoms with E-state index in [-0.39, 0.29) is 24.5 Å². The van der Waals surface area contributed by atoms with Crippen molar-refractivity contribution in [3.8, 4) is 11.1 Å². The normalized spacial score (nSPS) is 13.1. The standard InChI is InChI=1S/C25H25FNO5P/c1-16(2)25-21(7-5-13-32-33(31)15-19(28)14-23(29)30)24(17-9-11-18(26)12-10-17)20-6-3-4-8-22(20)27-25/h3-12,16,19,28H,13-15H2,1-2H3/p+1. The molecule has 2 aromatic carbocycles. The molecule has 0 spiro atoms. The number of nitrogens with zero attached hydrogens (tertiary/aromatic N) is 1. The number of halogens is 1. The SMILES string of the molecule is CC(C)c1nc2ccccc2c(-c2ccc(F)cc2)c1C=CCO[P+](=O)CC(O)CC(=O)O. The number of hydrogen-bond donors (Lipinski definition) is 2. The van der Waals surface area contributed by atoms with E-state index < -0.39 is 26.5 Å². The predicted molar refractivity (Wildman–Crippen MR) is 127 cm³/mol. The number of carboxylic acids is 1. The number of fused-ring (bicyclic) bond motifs is 1. The number of carbonyl (C=O) groups is 1. The number of benzene rings is 2. The lowest BCUT2D eigenvalue weighted by Gasteiger charge is -2.17. The molecule has 0 saturated heterocycles. The van der Waals surface area contributed by atoms with Crippen LogP contribution in [-0.4, -0.2) is 40.0 Å². The van der Waals surface area contributed by atoms with Crippen LogP contribution in [0.15, 0.2) is 54.6 Å². The van der Waals surface area contributed by atoms with Gasteiger partial charge in [-0.25, -0.2) is 4.39 Å². The quantitative estimate of drug-likeness (QED) is 0.365. The van der Waals surface area contributed by atoms with E-state index in [1.54, 1.807) is 18.2 Å². The summed E-state index contributed by atoms with van der Waals surface area (Å²) in [5.74, 6) is -1.37. The third-order valence-corrected chi connectivity index (χ3v) is 6.17. The molecule has 1 aromatic heterocycles. The third kappa shape index (κ3) is 6.51. The summed E-state index contributed by atoms with van der Waals surface area (Å²) in [5, 5.41) is 19.2. The van der Waals surface area contributed by atoms with Crippen molar-refractivity contribution in [2.24, 2.45) is 0 Å². The molecule has 0 amide bonds. The molecule has 0 saturated carbocycles. The van der Waals surface area contributed by atoms with Crippen LogP contribution in [0.2, 0.25) is 0 Å². The molecule has 0 bridgehead atoms. The lowest BCUT2D eigenvalue weighted by Crippen LogP contribution is -2.15. The molecular weight excluding hydrogens is 444 g/mol. The summed E-state index contributed by atoms with van der Waals surface area (Å²) in [6.45, 7) is 4.10. The summed E-state index contributed by atoms with van der Waals surface area (Å²) in [6.07, 6.45) is 1.61. The van der Waals surface area contributed by atoms with Gasteiger partial charge in [-0.1, -0.05) is 56.3 Å². The maximum atomic E-state index is 13.6. The Labute approximate surface area is 192 Å². The van der Waals surface area contributed by atoms with Gasteiger partial charge in [-0.2, -0.15) is 0 Å². The van der Waals surface area contributed by atoms with Crippen LogP contribution >= 0.6 is 8.03 Å². The van der Waals surface area contributed by atoms with Gasteiger partial charge in [0.25, 0.3) is 0 Å². The van der Waals surface area contributed by atoms with E-state index >= 15 is 0 Å². The fraction of sp³-hybridized carbons (Fsp3) is 0.280. The van der Waals surface area contributed by atoms with Crippen LogP contribution in [0.3, 0.4) is 0 Å². The van der Waals surface area contributed by atoms with Crippen molar-refractivity contribution in [3.63, 3.8) is 0 Å². The Morgan fingerprint density at radius 3 is 2.55 bits per heavy atom. The third-order valence-electron chi connectivity index (χ3n) is 5.01. The van der Waals surface area contributed by atoms with Gasteiger partial charge >= 0.3 is 14.0 Å². The van der Waals surface area contributed by atoms with Gasteiger partial charge in [0.2, 0.25) is 6.16 Å². The zero-order valence-electron chi connectivity index (χ0n) is 18.4. The Morgan fingerprint density at radius 2 is 1.88 bits per heavy atom. The summed E-state index contributed by atoms with van der Waals surface area (Å²) in [6, 6.07) is 14.1. The highest BCUT2D eigenvalue weighted by molar-refractivity contribution is 7.39. The molecule has 0 aliphatic carbocycles. The number of hydrogen-bond acceptors (Lipinski definition) is 5. The monoisotopic (exact) mass is 470 g/mol. The molecule has 0 fully saturated rings. The average Bonchev–Trinajstić information content (AvgIpc) is 2.76. The number of aliphatic hydroxyl groups is 1. The molecule has 33 heavy (non-hydrogen) atoms. The minimum Gasteiger partial charge on any atom is -0.481 e. The second kappa shape index (κ2) is 11.2. The van der Waals surface area contributed by atoms with E-state index in [0.29, 0.717) is 0 Å². The van der Waals surface area contributed by atoms with Gasteiger partial charge in [0, 0.05) is 16.5 Å². The molecule has 0 aliphatic rings. The van der Waals surface area contributed by atoms with Crippen LogP contribution < -0.4 is 0 Å². The second-order valence-corrected chi connectivity index (χ2v) is 9.22. The molecule has 2 N–H and O–H groups in total. The number of aromatic nitrogens is 1. The molecule has 8 heteroatoms. The first-order valence-corrected chi connectivity index (χ1v) is 11.9. The second-order valence-electron chi connectivity index (χ2n) is 7.93. The zero-order chi connectivity index (χ0) is 24.0. The molecular formula is C25H26FNO5P+. The average molecular weight is 470 g/mol. The summed E-state index contributed by atoms with van der Waals surface area (Å²) >= 11 is 0. The van der Waals surface area contributed by atoms with Gasteiger partial charge in [0.05, 0.1) is 17.6 Å². The van der Waals surface area contributed by atoms with E-state index in [9.17, 15) is 18.9 Å². The van der Waals surface area contributed by atoms with Crippen molar-refractivity contribution >= 4 is 31.0 Å². The van der Waals surface area contributed by atoms with Gasteiger partial charge in [0.1, 0.15) is 18.5 Å². The van der Waals surface area contributed by atoms with Crippen LogP contribution in [0.5, 0.6) is 0 Å². The smallest absolute Gasteiger partial charge is 0.481 e. The van der Waals surface area contributed by atoms with E-state index in [4.69, 9.17) is 14.6 Å². The highest BCUT2D eigenvalue weighted by atomic mass is 31.1. The van der Waals surface area contributed by atoms with Crippen LogP contribution in [-0.2, 0) is 13.9 Å². The highest BCUT2D eigenvalue weighted by Crippen LogP contribution is 2.36. The van der Waals surface area contributed by atoms with E-state index in [2.05, 4.69) is 0 Å². The molecule has 2 unspecified atom stereocenters. The Balaban J connectivity index is 1.93. The molecule has 172 valence electrons. The number of pyridine rings is 1. The van der Waals surface area contributed by atoms with E-state index in [0.717, 1.165) is 33.3 Å². The Bertz CT molecular complexity index is 1180. The van der Waals surface area contributed by atoms with E-state index in [1.807, 2.05) is 44.2 Å². The van der Waals surface area contributed by atoms with Gasteiger partial charge in [-0.3, -0.25) is 9.78 Å². The number of aliphatic hydroxyl groups excluding tert-OH is 1. The summed E-state index contributed by atoms with van der Waals surface area (Å²) < 4.78 is 30.9. The molecule has 0 radical (unpaired) electrons. The summed E-state index contributed by atoms with van der Waals surface area (Å²) in [4.78, 5) is 15.5. The Kier molecular flexibility index (Phi) is 8.39. The molecule has 3 aromatic rings. The van der Waals surface area contributed by atoms with Gasteiger partial charge in [0.15, 0.2) is 0 Å². The first-order valence-electron chi connectivity index (χ1n) is 10.6. The maximum Gasteiger partial charge on any atom is 0.511 e. The first-order chi connectivity index (χ1) is 15.8. The van der Waals surface area contributed by atoms with Crippen LogP contribution in [0.4, 0.5) is 4.39 Å². The van der Waals surface area contributed by atoms with Crippen molar-refractivity contribution in [1.82, 2.24) is 4.98 Å². The zero-order valence-corrected chi connectivity index (χ0v) is 19.3. The van der Waals surface area contributed by atoms with Gasteiger partial charge in [-0.15, -0.1) is 4.52 Å². The molecule has 1 heterocycles. The summed E-state index contributed by atoms with van der Waals surface area (Å²) in [7, 11) is -2.21. The predicted octanol–water partition coefficient (Wildman–Crippen LogP) is 5.77. The summed E-state index contributed by atoms with van der Waals surface area (Å²) in [5.41, 5.74) is 4.33.